The summed E-state index contributed by atoms with van der Waals surface area (Å²) >= 11 is 8.68. The summed E-state index contributed by atoms with van der Waals surface area (Å²) in [4.78, 5) is 12.5. The van der Waals surface area contributed by atoms with Crippen molar-refractivity contribution < 1.29 is 9.53 Å². The molecule has 182 valence electrons. The molecule has 0 aliphatic heterocycles. The predicted molar refractivity (Wildman–Crippen MR) is 144 cm³/mol. The SMILES string of the molecule is CCCCCCCCCCCCCCCCNC(=S)NC(=O)c1cc(Br)ccc1OCC. The van der Waals surface area contributed by atoms with E-state index in [0.717, 1.165) is 17.4 Å². The Kier molecular flexibility index (Phi) is 17.5. The summed E-state index contributed by atoms with van der Waals surface area (Å²) < 4.78 is 6.37. The van der Waals surface area contributed by atoms with Crippen LogP contribution in [0.15, 0.2) is 22.7 Å². The predicted octanol–water partition coefficient (Wildman–Crippen LogP) is 7.93. The zero-order chi connectivity index (χ0) is 23.4. The Hall–Kier alpha value is -1.14. The second-order valence-electron chi connectivity index (χ2n) is 8.38. The van der Waals surface area contributed by atoms with Crippen molar-refractivity contribution in [3.8, 4) is 5.75 Å². The van der Waals surface area contributed by atoms with Crippen LogP contribution < -0.4 is 15.4 Å². The molecule has 0 aliphatic carbocycles. The van der Waals surface area contributed by atoms with Crippen molar-refractivity contribution in [3.63, 3.8) is 0 Å². The zero-order valence-electron chi connectivity index (χ0n) is 20.1. The van der Waals surface area contributed by atoms with Crippen LogP contribution in [0.1, 0.15) is 114 Å². The Bertz CT molecular complexity index is 655. The first-order chi connectivity index (χ1) is 15.6. The second kappa shape index (κ2) is 19.3. The fraction of sp³-hybridized carbons (Fsp3) is 0.692. The van der Waals surface area contributed by atoms with Gasteiger partial charge in [0, 0.05) is 11.0 Å². The molecule has 0 radical (unpaired) electrons. The summed E-state index contributed by atoms with van der Waals surface area (Å²) in [6.45, 7) is 5.46. The van der Waals surface area contributed by atoms with E-state index in [1.165, 1.54) is 83.5 Å². The van der Waals surface area contributed by atoms with Crippen LogP contribution in [0.2, 0.25) is 0 Å². The number of unbranched alkanes of at least 4 members (excludes halogenated alkanes) is 13. The summed E-state index contributed by atoms with van der Waals surface area (Å²) in [6.07, 6.45) is 18.8. The molecule has 0 spiro atoms. The highest BCUT2D eigenvalue weighted by molar-refractivity contribution is 9.10. The van der Waals surface area contributed by atoms with Gasteiger partial charge >= 0.3 is 0 Å². The van der Waals surface area contributed by atoms with Crippen LogP contribution in [0.4, 0.5) is 0 Å². The first-order valence-electron chi connectivity index (χ1n) is 12.6. The van der Waals surface area contributed by atoms with Crippen LogP contribution >= 0.6 is 28.1 Å². The molecule has 4 nitrogen and oxygen atoms in total. The van der Waals surface area contributed by atoms with Crippen molar-refractivity contribution in [3.05, 3.63) is 28.2 Å². The maximum atomic E-state index is 12.5. The van der Waals surface area contributed by atoms with Crippen molar-refractivity contribution in [2.45, 2.75) is 104 Å². The molecule has 1 rings (SSSR count). The Morgan fingerprint density at radius 2 is 1.41 bits per heavy atom. The number of thiocarbonyl (C=S) groups is 1. The number of hydrogen-bond acceptors (Lipinski definition) is 3. The number of carbonyl (C=O) groups excluding carboxylic acids is 1. The lowest BCUT2D eigenvalue weighted by Gasteiger charge is -2.12. The Balaban J connectivity index is 2.02. The van der Waals surface area contributed by atoms with Gasteiger partial charge in [-0.05, 0) is 43.8 Å². The summed E-state index contributed by atoms with van der Waals surface area (Å²) in [5.74, 6) is 0.302. The first kappa shape index (κ1) is 28.9. The summed E-state index contributed by atoms with van der Waals surface area (Å²) in [7, 11) is 0. The molecule has 2 N–H and O–H groups in total. The molecule has 1 amide bonds. The highest BCUT2D eigenvalue weighted by Crippen LogP contribution is 2.23. The lowest BCUT2D eigenvalue weighted by molar-refractivity contribution is 0.0973. The van der Waals surface area contributed by atoms with E-state index in [1.807, 2.05) is 13.0 Å². The van der Waals surface area contributed by atoms with Crippen LogP contribution in [-0.2, 0) is 0 Å². The molecule has 1 aromatic rings. The van der Waals surface area contributed by atoms with Crippen molar-refractivity contribution in [1.29, 1.82) is 0 Å². The number of carbonyl (C=O) groups is 1. The van der Waals surface area contributed by atoms with Gasteiger partial charge in [-0.15, -0.1) is 0 Å². The van der Waals surface area contributed by atoms with Gasteiger partial charge in [-0.2, -0.15) is 0 Å². The molecular weight excluding hydrogens is 484 g/mol. The molecule has 32 heavy (non-hydrogen) atoms. The van der Waals surface area contributed by atoms with E-state index in [0.29, 0.717) is 23.0 Å². The molecule has 0 unspecified atom stereocenters. The van der Waals surface area contributed by atoms with Gasteiger partial charge in [0.15, 0.2) is 5.11 Å². The Labute approximate surface area is 209 Å². The van der Waals surface area contributed by atoms with Gasteiger partial charge in [0.25, 0.3) is 5.91 Å². The highest BCUT2D eigenvalue weighted by Gasteiger charge is 2.14. The molecular formula is C26H43BrN2O2S. The second-order valence-corrected chi connectivity index (χ2v) is 9.70. The smallest absolute Gasteiger partial charge is 0.261 e. The third kappa shape index (κ3) is 14.1. The maximum Gasteiger partial charge on any atom is 0.261 e. The monoisotopic (exact) mass is 526 g/mol. The summed E-state index contributed by atoms with van der Waals surface area (Å²) in [6, 6.07) is 5.39. The number of ether oxygens (including phenoxy) is 1. The summed E-state index contributed by atoms with van der Waals surface area (Å²) in [5.41, 5.74) is 0.474. The minimum absolute atomic E-state index is 0.256. The van der Waals surface area contributed by atoms with Gasteiger partial charge in [-0.1, -0.05) is 106 Å². The third-order valence-corrected chi connectivity index (χ3v) is 6.27. The average Bonchev–Trinajstić information content (AvgIpc) is 2.77. The standard InChI is InChI=1S/C26H43BrN2O2S/c1-3-5-6-7-8-9-10-11-12-13-14-15-16-17-20-28-26(32)29-25(30)23-21-22(27)18-19-24(23)31-4-2/h18-19,21H,3-17,20H2,1-2H3,(H2,28,29,30,32). The van der Waals surface area contributed by atoms with E-state index in [-0.39, 0.29) is 5.91 Å². The highest BCUT2D eigenvalue weighted by atomic mass is 79.9. The van der Waals surface area contributed by atoms with Gasteiger partial charge in [0.2, 0.25) is 0 Å². The minimum Gasteiger partial charge on any atom is -0.493 e. The van der Waals surface area contributed by atoms with Gasteiger partial charge < -0.3 is 10.1 Å². The van der Waals surface area contributed by atoms with E-state index in [4.69, 9.17) is 17.0 Å². The molecule has 0 heterocycles. The van der Waals surface area contributed by atoms with Crippen LogP contribution in [-0.4, -0.2) is 24.2 Å². The lowest BCUT2D eigenvalue weighted by atomic mass is 10.0. The van der Waals surface area contributed by atoms with E-state index in [2.05, 4.69) is 33.5 Å². The van der Waals surface area contributed by atoms with Crippen LogP contribution in [0, 0.1) is 0 Å². The van der Waals surface area contributed by atoms with Crippen LogP contribution in [0.5, 0.6) is 5.75 Å². The Morgan fingerprint density at radius 1 is 0.875 bits per heavy atom. The molecule has 0 aromatic heterocycles. The molecule has 0 fully saturated rings. The van der Waals surface area contributed by atoms with E-state index in [1.54, 1.807) is 12.1 Å². The van der Waals surface area contributed by atoms with Gasteiger partial charge in [0.05, 0.1) is 12.2 Å². The van der Waals surface area contributed by atoms with Gasteiger partial charge in [-0.25, -0.2) is 0 Å². The fourth-order valence-corrected chi connectivity index (χ4v) is 4.25. The number of nitrogens with one attached hydrogen (secondary N) is 2. The lowest BCUT2D eigenvalue weighted by Crippen LogP contribution is -2.39. The van der Waals surface area contributed by atoms with Crippen molar-refractivity contribution in [1.82, 2.24) is 10.6 Å². The zero-order valence-corrected chi connectivity index (χ0v) is 22.6. The molecule has 0 atom stereocenters. The number of rotatable bonds is 18. The van der Waals surface area contributed by atoms with Gasteiger partial charge in [-0.3, -0.25) is 10.1 Å². The summed E-state index contributed by atoms with van der Waals surface area (Å²) in [5, 5.41) is 6.26. The number of hydrogen-bond donors (Lipinski definition) is 2. The largest absolute Gasteiger partial charge is 0.493 e. The van der Waals surface area contributed by atoms with Gasteiger partial charge in [0.1, 0.15) is 5.75 Å². The molecule has 0 saturated carbocycles. The van der Waals surface area contributed by atoms with E-state index >= 15 is 0 Å². The van der Waals surface area contributed by atoms with Crippen molar-refractivity contribution in [2.75, 3.05) is 13.2 Å². The number of amides is 1. The van der Waals surface area contributed by atoms with Crippen molar-refractivity contribution >= 4 is 39.2 Å². The quantitative estimate of drug-likeness (QED) is 0.150. The van der Waals surface area contributed by atoms with Crippen LogP contribution in [0.3, 0.4) is 0 Å². The van der Waals surface area contributed by atoms with Crippen LogP contribution in [0.25, 0.3) is 0 Å². The number of halogens is 1. The fourth-order valence-electron chi connectivity index (χ4n) is 3.70. The normalized spacial score (nSPS) is 10.7. The minimum atomic E-state index is -0.256. The van der Waals surface area contributed by atoms with E-state index in [9.17, 15) is 4.79 Å². The molecule has 0 bridgehead atoms. The molecule has 1 aromatic carbocycles. The van der Waals surface area contributed by atoms with E-state index < -0.39 is 0 Å². The maximum absolute atomic E-state index is 12.5. The molecule has 0 saturated heterocycles. The first-order valence-corrected chi connectivity index (χ1v) is 13.8. The molecule has 0 aliphatic rings. The Morgan fingerprint density at radius 3 is 1.94 bits per heavy atom. The topological polar surface area (TPSA) is 50.4 Å². The number of benzene rings is 1. The molecule has 6 heteroatoms. The van der Waals surface area contributed by atoms with Crippen molar-refractivity contribution in [2.24, 2.45) is 0 Å². The average molecular weight is 528 g/mol. The third-order valence-electron chi connectivity index (χ3n) is 5.53.